The number of nitrogens with zero attached hydrogens (tertiary/aromatic N) is 2. The average molecular weight is 263 g/mol. The van der Waals surface area contributed by atoms with E-state index in [0.29, 0.717) is 13.1 Å². The minimum atomic E-state index is -0.459. The first kappa shape index (κ1) is 14.8. The van der Waals surface area contributed by atoms with E-state index in [1.165, 1.54) is 18.2 Å². The molecule has 0 aliphatic carbocycles. The minimum Gasteiger partial charge on any atom is -0.342 e. The van der Waals surface area contributed by atoms with E-state index in [1.54, 1.807) is 30.2 Å². The Morgan fingerprint density at radius 2 is 2.05 bits per heavy atom. The van der Waals surface area contributed by atoms with Crippen molar-refractivity contribution in [2.45, 2.75) is 6.42 Å². The van der Waals surface area contributed by atoms with Crippen molar-refractivity contribution in [3.05, 3.63) is 46.0 Å². The fraction of sp³-hybridized carbons (Fsp3) is 0.308. The lowest BCUT2D eigenvalue weighted by Gasteiger charge is -2.13. The number of amides is 1. The highest BCUT2D eigenvalue weighted by atomic mass is 16.6. The Labute approximate surface area is 111 Å². The molecule has 1 amide bonds. The molecule has 0 unspecified atom stereocenters. The number of nitro groups is 1. The van der Waals surface area contributed by atoms with Gasteiger partial charge in [0.1, 0.15) is 0 Å². The molecule has 0 bridgehead atoms. The molecular formula is C13H17N3O3. The molecule has 0 fully saturated rings. The van der Waals surface area contributed by atoms with E-state index in [0.717, 1.165) is 12.0 Å². The molecular weight excluding hydrogens is 246 g/mol. The van der Waals surface area contributed by atoms with Crippen molar-refractivity contribution >= 4 is 17.7 Å². The number of rotatable bonds is 6. The largest absolute Gasteiger partial charge is 0.342 e. The molecule has 0 heterocycles. The van der Waals surface area contributed by atoms with E-state index < -0.39 is 4.92 Å². The maximum Gasteiger partial charge on any atom is 0.269 e. The van der Waals surface area contributed by atoms with Crippen molar-refractivity contribution in [1.82, 2.24) is 4.90 Å². The van der Waals surface area contributed by atoms with Gasteiger partial charge in [-0.25, -0.2) is 0 Å². The zero-order valence-electron chi connectivity index (χ0n) is 10.8. The lowest BCUT2D eigenvalue weighted by Crippen LogP contribution is -2.27. The van der Waals surface area contributed by atoms with Crippen LogP contribution in [0.4, 0.5) is 5.69 Å². The molecule has 1 rings (SSSR count). The molecule has 0 saturated carbocycles. The summed E-state index contributed by atoms with van der Waals surface area (Å²) in [5.41, 5.74) is 6.14. The molecule has 0 aromatic heterocycles. The van der Waals surface area contributed by atoms with Crippen LogP contribution in [0.3, 0.4) is 0 Å². The van der Waals surface area contributed by atoms with E-state index in [9.17, 15) is 14.9 Å². The molecule has 0 radical (unpaired) electrons. The third-order valence-electron chi connectivity index (χ3n) is 2.60. The zero-order chi connectivity index (χ0) is 14.3. The highest BCUT2D eigenvalue weighted by Crippen LogP contribution is 2.12. The van der Waals surface area contributed by atoms with Crippen LogP contribution < -0.4 is 5.73 Å². The third-order valence-corrected chi connectivity index (χ3v) is 2.60. The number of carbonyl (C=O) groups excluding carboxylic acids is 1. The number of nitrogens with two attached hydrogens (primary N) is 1. The monoisotopic (exact) mass is 263 g/mol. The topological polar surface area (TPSA) is 89.5 Å². The Morgan fingerprint density at radius 1 is 1.42 bits per heavy atom. The Bertz CT molecular complexity index is 469. The van der Waals surface area contributed by atoms with Crippen LogP contribution in [0.25, 0.3) is 6.08 Å². The Morgan fingerprint density at radius 3 is 2.58 bits per heavy atom. The molecule has 0 aliphatic rings. The van der Waals surface area contributed by atoms with Crippen LogP contribution >= 0.6 is 0 Å². The fourth-order valence-corrected chi connectivity index (χ4v) is 1.44. The number of carbonyl (C=O) groups is 1. The molecule has 102 valence electrons. The van der Waals surface area contributed by atoms with E-state index in [2.05, 4.69) is 0 Å². The van der Waals surface area contributed by atoms with Crippen LogP contribution in [-0.2, 0) is 4.79 Å². The summed E-state index contributed by atoms with van der Waals surface area (Å²) in [5.74, 6) is -0.119. The quantitative estimate of drug-likeness (QED) is 0.477. The highest BCUT2D eigenvalue weighted by molar-refractivity contribution is 5.91. The maximum absolute atomic E-state index is 11.7. The second-order valence-corrected chi connectivity index (χ2v) is 4.08. The summed E-state index contributed by atoms with van der Waals surface area (Å²) in [6, 6.07) is 6.01. The van der Waals surface area contributed by atoms with Gasteiger partial charge < -0.3 is 10.6 Å². The Hall–Kier alpha value is -2.21. The van der Waals surface area contributed by atoms with Crippen molar-refractivity contribution in [3.63, 3.8) is 0 Å². The lowest BCUT2D eigenvalue weighted by molar-refractivity contribution is -0.384. The van der Waals surface area contributed by atoms with Crippen molar-refractivity contribution in [2.24, 2.45) is 5.73 Å². The van der Waals surface area contributed by atoms with Gasteiger partial charge >= 0.3 is 0 Å². The first-order valence-electron chi connectivity index (χ1n) is 5.92. The van der Waals surface area contributed by atoms with E-state index >= 15 is 0 Å². The van der Waals surface area contributed by atoms with Crippen LogP contribution in [-0.4, -0.2) is 35.9 Å². The third kappa shape index (κ3) is 4.89. The van der Waals surface area contributed by atoms with Gasteiger partial charge in [0.2, 0.25) is 5.91 Å². The van der Waals surface area contributed by atoms with Gasteiger partial charge in [-0.1, -0.05) is 0 Å². The second-order valence-electron chi connectivity index (χ2n) is 4.08. The van der Waals surface area contributed by atoms with Crippen molar-refractivity contribution in [3.8, 4) is 0 Å². The minimum absolute atomic E-state index is 0.0311. The first-order chi connectivity index (χ1) is 9.04. The first-order valence-corrected chi connectivity index (χ1v) is 5.92. The van der Waals surface area contributed by atoms with Crippen LogP contribution in [0.5, 0.6) is 0 Å². The summed E-state index contributed by atoms with van der Waals surface area (Å²) >= 11 is 0. The molecule has 19 heavy (non-hydrogen) atoms. The molecule has 0 saturated heterocycles. The highest BCUT2D eigenvalue weighted by Gasteiger charge is 2.05. The van der Waals surface area contributed by atoms with Gasteiger partial charge in [0.15, 0.2) is 0 Å². The SMILES string of the molecule is CN(CCCN)C(=O)/C=C/c1ccc([N+](=O)[O-])cc1. The van der Waals surface area contributed by atoms with Gasteiger partial charge in [0, 0.05) is 31.8 Å². The van der Waals surface area contributed by atoms with Crippen LogP contribution in [0.1, 0.15) is 12.0 Å². The molecule has 0 aliphatic heterocycles. The molecule has 2 N–H and O–H groups in total. The van der Waals surface area contributed by atoms with Gasteiger partial charge in [-0.15, -0.1) is 0 Å². The summed E-state index contributed by atoms with van der Waals surface area (Å²) in [6.45, 7) is 1.16. The Kier molecular flexibility index (Phi) is 5.69. The number of nitro benzene ring substituents is 1. The number of hydrogen-bond donors (Lipinski definition) is 1. The molecule has 6 nitrogen and oxygen atoms in total. The summed E-state index contributed by atoms with van der Waals surface area (Å²) in [6.07, 6.45) is 3.83. The smallest absolute Gasteiger partial charge is 0.269 e. The summed E-state index contributed by atoms with van der Waals surface area (Å²) in [7, 11) is 1.71. The van der Waals surface area contributed by atoms with Gasteiger partial charge in [-0.05, 0) is 36.7 Å². The van der Waals surface area contributed by atoms with Crippen molar-refractivity contribution < 1.29 is 9.72 Å². The van der Waals surface area contributed by atoms with Crippen LogP contribution in [0.15, 0.2) is 30.3 Å². The predicted octanol–water partition coefficient (Wildman–Crippen LogP) is 1.42. The fourth-order valence-electron chi connectivity index (χ4n) is 1.44. The van der Waals surface area contributed by atoms with E-state index in [-0.39, 0.29) is 11.6 Å². The van der Waals surface area contributed by atoms with Crippen LogP contribution in [0.2, 0.25) is 0 Å². The number of benzene rings is 1. The number of hydrogen-bond acceptors (Lipinski definition) is 4. The summed E-state index contributed by atoms with van der Waals surface area (Å²) in [5, 5.41) is 10.5. The summed E-state index contributed by atoms with van der Waals surface area (Å²) < 4.78 is 0. The Balaban J connectivity index is 2.60. The van der Waals surface area contributed by atoms with Crippen molar-refractivity contribution in [2.75, 3.05) is 20.1 Å². The average Bonchev–Trinajstić information content (AvgIpc) is 2.42. The maximum atomic E-state index is 11.7. The normalized spacial score (nSPS) is 10.6. The van der Waals surface area contributed by atoms with Gasteiger partial charge in [0.25, 0.3) is 5.69 Å². The molecule has 6 heteroatoms. The molecule has 1 aromatic carbocycles. The van der Waals surface area contributed by atoms with Gasteiger partial charge in [-0.3, -0.25) is 14.9 Å². The number of likely N-dealkylation sites (N-methyl/N-ethyl adjacent to an activating group) is 1. The number of non-ortho nitro benzene ring substituents is 1. The van der Waals surface area contributed by atoms with Gasteiger partial charge in [0.05, 0.1) is 4.92 Å². The van der Waals surface area contributed by atoms with E-state index in [4.69, 9.17) is 5.73 Å². The standard InChI is InChI=1S/C13H17N3O3/c1-15(10-2-9-14)13(17)8-5-11-3-6-12(7-4-11)16(18)19/h3-8H,2,9-10,14H2,1H3/b8-5+. The van der Waals surface area contributed by atoms with E-state index in [1.807, 2.05) is 0 Å². The van der Waals surface area contributed by atoms with Crippen molar-refractivity contribution in [1.29, 1.82) is 0 Å². The molecule has 1 aromatic rings. The summed E-state index contributed by atoms with van der Waals surface area (Å²) in [4.78, 5) is 23.3. The van der Waals surface area contributed by atoms with Gasteiger partial charge in [-0.2, -0.15) is 0 Å². The lowest BCUT2D eigenvalue weighted by atomic mass is 10.2. The van der Waals surface area contributed by atoms with Crippen LogP contribution in [0, 0.1) is 10.1 Å². The molecule has 0 spiro atoms. The zero-order valence-corrected chi connectivity index (χ0v) is 10.8. The second kappa shape index (κ2) is 7.27. The molecule has 0 atom stereocenters. The predicted molar refractivity (Wildman–Crippen MR) is 73.4 cm³/mol.